The highest BCUT2D eigenvalue weighted by molar-refractivity contribution is 7.66. The molecular weight excluding hydrogens is 467 g/mol. The van der Waals surface area contributed by atoms with E-state index in [9.17, 15) is 9.36 Å². The van der Waals surface area contributed by atoms with Gasteiger partial charge in [0.15, 0.2) is 5.78 Å². The van der Waals surface area contributed by atoms with Crippen LogP contribution in [0.4, 0.5) is 0 Å². The molecule has 4 aliphatic carbocycles. The number of fused-ring (bicyclic) bond motifs is 5. The summed E-state index contributed by atoms with van der Waals surface area (Å²) in [5.41, 5.74) is 6.73. The van der Waals surface area contributed by atoms with E-state index in [1.807, 2.05) is 25.1 Å². The molecule has 1 heterocycles. The van der Waals surface area contributed by atoms with E-state index in [2.05, 4.69) is 25.6 Å². The number of hydrogen-bond acceptors (Lipinski definition) is 4. The molecule has 6 rings (SSSR count). The van der Waals surface area contributed by atoms with Gasteiger partial charge in [0, 0.05) is 29.7 Å². The zero-order chi connectivity index (χ0) is 25.3. The van der Waals surface area contributed by atoms with Crippen molar-refractivity contribution in [2.24, 2.45) is 17.3 Å². The molecule has 0 bridgehead atoms. The van der Waals surface area contributed by atoms with Crippen LogP contribution >= 0.6 is 7.37 Å². The van der Waals surface area contributed by atoms with E-state index in [0.717, 1.165) is 50.4 Å². The smallest absolute Gasteiger partial charge is 0.229 e. The van der Waals surface area contributed by atoms with Gasteiger partial charge in [0.25, 0.3) is 0 Å². The number of benzene rings is 1. The highest BCUT2D eigenvalue weighted by Crippen LogP contribution is 2.70. The van der Waals surface area contributed by atoms with Crippen molar-refractivity contribution in [1.29, 1.82) is 0 Å². The van der Waals surface area contributed by atoms with Crippen LogP contribution < -0.4 is 5.30 Å². The molecule has 0 N–H and O–H groups in total. The third-order valence-corrected chi connectivity index (χ3v) is 12.3. The quantitative estimate of drug-likeness (QED) is 0.330. The number of allylic oxidation sites excluding steroid dienone is 4. The van der Waals surface area contributed by atoms with Gasteiger partial charge in [-0.15, -0.1) is 0 Å². The lowest BCUT2D eigenvalue weighted by Crippen LogP contribution is -2.52. The first kappa shape index (κ1) is 24.6. The van der Waals surface area contributed by atoms with Crippen LogP contribution in [0.15, 0.2) is 59.2 Å². The van der Waals surface area contributed by atoms with Crippen LogP contribution in [0.25, 0.3) is 0 Å². The fourth-order valence-corrected chi connectivity index (χ4v) is 10.0. The fourth-order valence-electron chi connectivity index (χ4n) is 8.72. The van der Waals surface area contributed by atoms with Gasteiger partial charge < -0.3 is 9.26 Å². The van der Waals surface area contributed by atoms with Gasteiger partial charge >= 0.3 is 0 Å². The van der Waals surface area contributed by atoms with Gasteiger partial charge in [0.2, 0.25) is 7.37 Å². The van der Waals surface area contributed by atoms with Crippen molar-refractivity contribution < 1.29 is 18.6 Å². The summed E-state index contributed by atoms with van der Waals surface area (Å²) < 4.78 is 25.3. The van der Waals surface area contributed by atoms with Crippen LogP contribution in [0, 0.1) is 17.3 Å². The first-order valence-corrected chi connectivity index (χ1v) is 15.9. The zero-order valence-electron chi connectivity index (χ0n) is 22.0. The Morgan fingerprint density at radius 3 is 2.61 bits per heavy atom. The van der Waals surface area contributed by atoms with Crippen molar-refractivity contribution in [3.8, 4) is 0 Å². The SMILES string of the molecule is C=C1CCO[C@]12CCC1[C@@H]3CCC4=CC(=O)CCC4=C3[C@@H](c3ccc(P(C)(=O)OCC)cc3)C[C@@]12C. The molecule has 0 radical (unpaired) electrons. The number of ether oxygens (including phenoxy) is 1. The summed E-state index contributed by atoms with van der Waals surface area (Å²) in [5.74, 6) is 1.65. The lowest BCUT2D eigenvalue weighted by atomic mass is 9.50. The van der Waals surface area contributed by atoms with Crippen molar-refractivity contribution >= 4 is 18.5 Å². The van der Waals surface area contributed by atoms with Gasteiger partial charge in [0.05, 0.1) is 18.8 Å². The van der Waals surface area contributed by atoms with Gasteiger partial charge in [-0.1, -0.05) is 31.2 Å². The predicted octanol–water partition coefficient (Wildman–Crippen LogP) is 6.87. The number of carbonyl (C=O) groups excluding carboxylic acids is 1. The Labute approximate surface area is 215 Å². The van der Waals surface area contributed by atoms with Crippen LogP contribution in [-0.2, 0) is 18.6 Å². The number of rotatable bonds is 4. The molecule has 5 aliphatic rings. The van der Waals surface area contributed by atoms with E-state index in [1.54, 1.807) is 12.2 Å². The molecule has 4 nitrogen and oxygen atoms in total. The van der Waals surface area contributed by atoms with Crippen LogP contribution in [0.5, 0.6) is 0 Å². The molecule has 0 aromatic heterocycles. The molecule has 0 amide bonds. The Bertz CT molecular complexity index is 1220. The maximum Gasteiger partial charge on any atom is 0.229 e. The summed E-state index contributed by atoms with van der Waals surface area (Å²) in [6.45, 7) is 11.8. The van der Waals surface area contributed by atoms with Crippen LogP contribution in [0.1, 0.15) is 76.7 Å². The van der Waals surface area contributed by atoms with Crippen LogP contribution in [0.2, 0.25) is 0 Å². The van der Waals surface area contributed by atoms with E-state index in [4.69, 9.17) is 9.26 Å². The van der Waals surface area contributed by atoms with E-state index in [-0.39, 0.29) is 22.7 Å². The first-order valence-electron chi connectivity index (χ1n) is 13.8. The van der Waals surface area contributed by atoms with Crippen molar-refractivity contribution in [1.82, 2.24) is 0 Å². The molecule has 1 aliphatic heterocycles. The summed E-state index contributed by atoms with van der Waals surface area (Å²) in [6.07, 6.45) is 9.82. The van der Waals surface area contributed by atoms with Crippen molar-refractivity contribution in [2.75, 3.05) is 19.9 Å². The standard InChI is InChI=1S/C31H39O4P/c1-5-35-36(4,33)24-10-6-21(7-11-24)27-19-30(3)28(14-16-31(30)20(2)15-17-34-31)26-12-8-22-18-23(32)9-13-25(22)29(26)27/h6-7,10-11,18,26-28H,2,5,8-9,12-17,19H2,1,3-4H3/t26-,27+,28?,30-,31+,36?/m0/s1. The molecule has 6 atom stereocenters. The van der Waals surface area contributed by atoms with Crippen molar-refractivity contribution in [3.05, 3.63) is 64.8 Å². The van der Waals surface area contributed by atoms with Crippen LogP contribution in [0.3, 0.4) is 0 Å². The van der Waals surface area contributed by atoms with Gasteiger partial charge in [0.1, 0.15) is 0 Å². The van der Waals surface area contributed by atoms with Crippen molar-refractivity contribution in [2.45, 2.75) is 76.7 Å². The Morgan fingerprint density at radius 2 is 1.92 bits per heavy atom. The summed E-state index contributed by atoms with van der Waals surface area (Å²) in [6, 6.07) is 8.39. The molecule has 192 valence electrons. The van der Waals surface area contributed by atoms with E-state index >= 15 is 0 Å². The first-order chi connectivity index (χ1) is 17.2. The molecule has 1 aromatic rings. The number of ketones is 1. The largest absolute Gasteiger partial charge is 0.370 e. The Morgan fingerprint density at radius 1 is 1.14 bits per heavy atom. The maximum absolute atomic E-state index is 13.1. The van der Waals surface area contributed by atoms with Crippen molar-refractivity contribution in [3.63, 3.8) is 0 Å². The fraction of sp³-hybridized carbons (Fsp3) is 0.581. The second-order valence-electron chi connectivity index (χ2n) is 11.9. The second kappa shape index (κ2) is 8.65. The summed E-state index contributed by atoms with van der Waals surface area (Å²) in [4.78, 5) is 12.3. The predicted molar refractivity (Wildman–Crippen MR) is 144 cm³/mol. The molecule has 3 fully saturated rings. The highest BCUT2D eigenvalue weighted by atomic mass is 31.2. The maximum atomic E-state index is 13.1. The molecule has 36 heavy (non-hydrogen) atoms. The molecule has 2 unspecified atom stereocenters. The Hall–Kier alpha value is -1.74. The Kier molecular flexibility index (Phi) is 5.91. The van der Waals surface area contributed by atoms with Crippen LogP contribution in [-0.4, -0.2) is 31.3 Å². The Balaban J connectivity index is 1.48. The van der Waals surface area contributed by atoms with E-state index in [0.29, 0.717) is 24.9 Å². The van der Waals surface area contributed by atoms with Gasteiger partial charge in [-0.3, -0.25) is 9.36 Å². The minimum absolute atomic E-state index is 0.0374. The lowest BCUT2D eigenvalue weighted by Gasteiger charge is -2.55. The average molecular weight is 507 g/mol. The minimum Gasteiger partial charge on any atom is -0.370 e. The summed E-state index contributed by atoms with van der Waals surface area (Å²) in [7, 11) is -2.82. The average Bonchev–Trinajstić information content (AvgIpc) is 3.38. The van der Waals surface area contributed by atoms with Gasteiger partial charge in [-0.05, 0) is 104 Å². The van der Waals surface area contributed by atoms with E-state index in [1.165, 1.54) is 28.7 Å². The highest BCUT2D eigenvalue weighted by Gasteiger charge is 2.65. The zero-order valence-corrected chi connectivity index (χ0v) is 22.9. The number of hydrogen-bond donors (Lipinski definition) is 0. The summed E-state index contributed by atoms with van der Waals surface area (Å²) in [5, 5.41) is 0.777. The normalized spacial score (nSPS) is 37.4. The van der Waals surface area contributed by atoms with Gasteiger partial charge in [-0.2, -0.15) is 0 Å². The summed E-state index contributed by atoms with van der Waals surface area (Å²) >= 11 is 0. The third kappa shape index (κ3) is 3.47. The minimum atomic E-state index is -2.82. The molecule has 1 spiro atoms. The third-order valence-electron chi connectivity index (χ3n) is 10.3. The van der Waals surface area contributed by atoms with E-state index < -0.39 is 7.37 Å². The molecule has 1 aromatic carbocycles. The second-order valence-corrected chi connectivity index (χ2v) is 14.4. The molecule has 2 saturated carbocycles. The molecular formula is C31H39O4P. The number of carbonyl (C=O) groups is 1. The topological polar surface area (TPSA) is 52.6 Å². The monoisotopic (exact) mass is 506 g/mol. The molecule has 1 saturated heterocycles. The molecule has 5 heteroatoms. The van der Waals surface area contributed by atoms with Gasteiger partial charge in [-0.25, -0.2) is 0 Å². The lowest BCUT2D eigenvalue weighted by molar-refractivity contribution is -0.114.